The highest BCUT2D eigenvalue weighted by Gasteiger charge is 2.43. The van der Waals surface area contributed by atoms with Gasteiger partial charge in [-0.15, -0.1) is 12.4 Å². The van der Waals surface area contributed by atoms with E-state index in [-0.39, 0.29) is 24.2 Å². The van der Waals surface area contributed by atoms with Crippen molar-refractivity contribution < 1.29 is 4.79 Å². The summed E-state index contributed by atoms with van der Waals surface area (Å²) in [4.78, 5) is 12.0. The Morgan fingerprint density at radius 2 is 1.90 bits per heavy atom. The zero-order valence-corrected chi connectivity index (χ0v) is 13.0. The number of benzene rings is 2. The minimum absolute atomic E-state index is 0. The van der Waals surface area contributed by atoms with E-state index < -0.39 is 0 Å². The van der Waals surface area contributed by atoms with Gasteiger partial charge in [-0.25, -0.2) is 0 Å². The predicted octanol–water partition coefficient (Wildman–Crippen LogP) is 2.70. The Bertz CT molecular complexity index is 629. The standard InChI is InChI=1S/C17H20N2O.ClH/c1-18-8-9-19-17(20)16-11-15(16)14-7-6-12-4-2-3-5-13(12)10-14;/h2-7,10,15-16,18H,8-9,11H2,1H3,(H,19,20);1H. The van der Waals surface area contributed by atoms with Crippen LogP contribution in [0, 0.1) is 5.92 Å². The molecule has 2 aromatic carbocycles. The Balaban J connectivity index is 0.00000161. The number of fused-ring (bicyclic) bond motifs is 1. The van der Waals surface area contributed by atoms with Crippen LogP contribution in [0.1, 0.15) is 17.9 Å². The second-order valence-corrected chi connectivity index (χ2v) is 5.45. The highest BCUT2D eigenvalue weighted by molar-refractivity contribution is 5.86. The molecule has 1 aliphatic carbocycles. The van der Waals surface area contributed by atoms with Crippen molar-refractivity contribution in [2.45, 2.75) is 12.3 Å². The number of hydrogen-bond acceptors (Lipinski definition) is 2. The average Bonchev–Trinajstić information content (AvgIpc) is 3.27. The number of halogens is 1. The number of rotatable bonds is 5. The van der Waals surface area contributed by atoms with Crippen molar-refractivity contribution in [2.75, 3.05) is 20.1 Å². The van der Waals surface area contributed by atoms with Gasteiger partial charge in [0, 0.05) is 19.0 Å². The molecule has 2 N–H and O–H groups in total. The summed E-state index contributed by atoms with van der Waals surface area (Å²) in [6, 6.07) is 14.9. The highest BCUT2D eigenvalue weighted by Crippen LogP contribution is 2.48. The van der Waals surface area contributed by atoms with Crippen molar-refractivity contribution in [3.63, 3.8) is 0 Å². The van der Waals surface area contributed by atoms with Crippen molar-refractivity contribution >= 4 is 29.1 Å². The van der Waals surface area contributed by atoms with Gasteiger partial charge < -0.3 is 10.6 Å². The molecule has 0 radical (unpaired) electrons. The topological polar surface area (TPSA) is 41.1 Å². The van der Waals surface area contributed by atoms with Crippen LogP contribution in [0.2, 0.25) is 0 Å². The molecule has 0 aliphatic heterocycles. The van der Waals surface area contributed by atoms with Gasteiger partial charge in [0.25, 0.3) is 0 Å². The molecule has 0 spiro atoms. The quantitative estimate of drug-likeness (QED) is 0.834. The molecule has 21 heavy (non-hydrogen) atoms. The molecule has 1 aliphatic rings. The van der Waals surface area contributed by atoms with Crippen LogP contribution in [0.25, 0.3) is 10.8 Å². The number of nitrogens with one attached hydrogen (secondary N) is 2. The minimum Gasteiger partial charge on any atom is -0.355 e. The molecular formula is C17H21ClN2O. The summed E-state index contributed by atoms with van der Waals surface area (Å²) in [5, 5.41) is 8.52. The molecule has 3 nitrogen and oxygen atoms in total. The molecule has 0 bridgehead atoms. The van der Waals surface area contributed by atoms with E-state index in [1.54, 1.807) is 0 Å². The molecule has 3 rings (SSSR count). The van der Waals surface area contributed by atoms with E-state index in [2.05, 4.69) is 53.1 Å². The summed E-state index contributed by atoms with van der Waals surface area (Å²) in [6.07, 6.45) is 0.976. The SMILES string of the molecule is CNCCNC(=O)C1CC1c1ccc2ccccc2c1.Cl. The zero-order chi connectivity index (χ0) is 13.9. The van der Waals surface area contributed by atoms with Gasteiger partial charge in [-0.05, 0) is 35.7 Å². The normalized spacial score (nSPS) is 19.9. The van der Waals surface area contributed by atoms with Gasteiger partial charge in [0.05, 0.1) is 0 Å². The first kappa shape index (κ1) is 15.8. The molecule has 1 amide bonds. The number of amides is 1. The van der Waals surface area contributed by atoms with Crippen molar-refractivity contribution in [3.8, 4) is 0 Å². The third-order valence-corrected chi connectivity index (χ3v) is 4.00. The first-order valence-corrected chi connectivity index (χ1v) is 7.20. The maximum atomic E-state index is 12.0. The largest absolute Gasteiger partial charge is 0.355 e. The van der Waals surface area contributed by atoms with Gasteiger partial charge in [-0.3, -0.25) is 4.79 Å². The van der Waals surface area contributed by atoms with Crippen molar-refractivity contribution in [3.05, 3.63) is 48.0 Å². The fourth-order valence-electron chi connectivity index (χ4n) is 2.73. The third-order valence-electron chi connectivity index (χ3n) is 4.00. The molecule has 2 unspecified atom stereocenters. The lowest BCUT2D eigenvalue weighted by Gasteiger charge is -2.05. The van der Waals surface area contributed by atoms with Crippen LogP contribution in [0.5, 0.6) is 0 Å². The molecular weight excluding hydrogens is 284 g/mol. The second-order valence-electron chi connectivity index (χ2n) is 5.45. The van der Waals surface area contributed by atoms with Crippen LogP contribution < -0.4 is 10.6 Å². The Morgan fingerprint density at radius 3 is 2.67 bits per heavy atom. The van der Waals surface area contributed by atoms with E-state index in [1.807, 2.05) is 7.05 Å². The first-order chi connectivity index (χ1) is 9.79. The van der Waals surface area contributed by atoms with E-state index in [0.717, 1.165) is 13.0 Å². The summed E-state index contributed by atoms with van der Waals surface area (Å²) < 4.78 is 0. The second kappa shape index (κ2) is 6.92. The lowest BCUT2D eigenvalue weighted by molar-refractivity contribution is -0.122. The van der Waals surface area contributed by atoms with Gasteiger partial charge in [0.1, 0.15) is 0 Å². The van der Waals surface area contributed by atoms with Gasteiger partial charge in [0.15, 0.2) is 0 Å². The Morgan fingerprint density at radius 1 is 1.14 bits per heavy atom. The van der Waals surface area contributed by atoms with Crippen LogP contribution >= 0.6 is 12.4 Å². The molecule has 0 heterocycles. The average molecular weight is 305 g/mol. The third kappa shape index (κ3) is 3.55. The van der Waals surface area contributed by atoms with E-state index in [9.17, 15) is 4.79 Å². The zero-order valence-electron chi connectivity index (χ0n) is 12.1. The van der Waals surface area contributed by atoms with E-state index in [1.165, 1.54) is 16.3 Å². The summed E-state index contributed by atoms with van der Waals surface area (Å²) in [5.41, 5.74) is 1.29. The predicted molar refractivity (Wildman–Crippen MR) is 89.0 cm³/mol. The summed E-state index contributed by atoms with van der Waals surface area (Å²) in [5.74, 6) is 0.751. The lowest BCUT2D eigenvalue weighted by Crippen LogP contribution is -2.31. The van der Waals surface area contributed by atoms with Gasteiger partial charge in [-0.1, -0.05) is 42.5 Å². The van der Waals surface area contributed by atoms with Crippen LogP contribution in [0.15, 0.2) is 42.5 Å². The van der Waals surface area contributed by atoms with E-state index in [0.29, 0.717) is 12.5 Å². The van der Waals surface area contributed by atoms with Gasteiger partial charge in [0.2, 0.25) is 5.91 Å². The maximum absolute atomic E-state index is 12.0. The minimum atomic E-state index is 0. The summed E-state index contributed by atoms with van der Waals surface area (Å²) in [6.45, 7) is 1.52. The fraction of sp³-hybridized carbons (Fsp3) is 0.353. The maximum Gasteiger partial charge on any atom is 0.223 e. The Labute approximate surface area is 131 Å². The number of likely N-dealkylation sites (N-methyl/N-ethyl adjacent to an activating group) is 1. The molecule has 4 heteroatoms. The number of carbonyl (C=O) groups is 1. The number of carbonyl (C=O) groups excluding carboxylic acids is 1. The van der Waals surface area contributed by atoms with E-state index in [4.69, 9.17) is 0 Å². The Hall–Kier alpha value is -1.58. The molecule has 1 fully saturated rings. The van der Waals surface area contributed by atoms with Crippen LogP contribution in [-0.2, 0) is 4.79 Å². The van der Waals surface area contributed by atoms with E-state index >= 15 is 0 Å². The van der Waals surface area contributed by atoms with Crippen molar-refractivity contribution in [1.82, 2.24) is 10.6 Å². The van der Waals surface area contributed by atoms with Gasteiger partial charge in [-0.2, -0.15) is 0 Å². The fourth-order valence-corrected chi connectivity index (χ4v) is 2.73. The van der Waals surface area contributed by atoms with Crippen LogP contribution in [-0.4, -0.2) is 26.0 Å². The van der Waals surface area contributed by atoms with Crippen LogP contribution in [0.4, 0.5) is 0 Å². The Kier molecular flexibility index (Phi) is 5.21. The molecule has 2 aromatic rings. The monoisotopic (exact) mass is 304 g/mol. The van der Waals surface area contributed by atoms with Crippen LogP contribution in [0.3, 0.4) is 0 Å². The lowest BCUT2D eigenvalue weighted by atomic mass is 10.0. The number of hydrogen-bond donors (Lipinski definition) is 2. The smallest absolute Gasteiger partial charge is 0.223 e. The molecule has 112 valence electrons. The van der Waals surface area contributed by atoms with Crippen molar-refractivity contribution in [2.24, 2.45) is 5.92 Å². The molecule has 2 atom stereocenters. The first-order valence-electron chi connectivity index (χ1n) is 7.20. The molecule has 1 saturated carbocycles. The van der Waals surface area contributed by atoms with Crippen molar-refractivity contribution in [1.29, 1.82) is 0 Å². The summed E-state index contributed by atoms with van der Waals surface area (Å²) in [7, 11) is 1.89. The summed E-state index contributed by atoms with van der Waals surface area (Å²) >= 11 is 0. The molecule has 0 aromatic heterocycles. The molecule has 0 saturated heterocycles. The highest BCUT2D eigenvalue weighted by atomic mass is 35.5. The van der Waals surface area contributed by atoms with Gasteiger partial charge >= 0.3 is 0 Å².